The van der Waals surface area contributed by atoms with Gasteiger partial charge in [0.05, 0.1) is 6.04 Å². The zero-order chi connectivity index (χ0) is 14.1. The largest absolute Gasteiger partial charge is 0.331 e. The molecule has 1 aliphatic heterocycles. The molecule has 0 spiro atoms. The van der Waals surface area contributed by atoms with Crippen LogP contribution < -0.4 is 0 Å². The Kier molecular flexibility index (Phi) is 3.94. The summed E-state index contributed by atoms with van der Waals surface area (Å²) >= 11 is 5.25. The lowest BCUT2D eigenvalue weighted by Crippen LogP contribution is -2.39. The number of fused-ring (bicyclic) bond motifs is 1. The summed E-state index contributed by atoms with van der Waals surface area (Å²) in [4.78, 5) is 16.2. The fourth-order valence-electron chi connectivity index (χ4n) is 2.87. The van der Waals surface area contributed by atoms with Crippen LogP contribution in [-0.4, -0.2) is 17.4 Å². The first kappa shape index (κ1) is 13.8. The normalized spacial score (nSPS) is 17.9. The minimum Gasteiger partial charge on any atom is -0.331 e. The second-order valence-electron chi connectivity index (χ2n) is 4.98. The van der Waals surface area contributed by atoms with E-state index >= 15 is 0 Å². The van der Waals surface area contributed by atoms with Crippen LogP contribution in [0.3, 0.4) is 0 Å². The summed E-state index contributed by atoms with van der Waals surface area (Å²) in [6, 6.07) is 10.0. The van der Waals surface area contributed by atoms with E-state index in [9.17, 15) is 4.79 Å². The molecule has 2 nitrogen and oxygen atoms in total. The summed E-state index contributed by atoms with van der Waals surface area (Å²) in [5, 5.41) is 2.14. The number of amides is 1. The number of hydrogen-bond acceptors (Lipinski definition) is 2. The van der Waals surface area contributed by atoms with Crippen molar-refractivity contribution in [3.8, 4) is 0 Å². The molecule has 0 saturated heterocycles. The molecule has 0 saturated carbocycles. The molecule has 2 heterocycles. The van der Waals surface area contributed by atoms with Gasteiger partial charge in [0.25, 0.3) is 5.91 Å². The first-order chi connectivity index (χ1) is 9.70. The van der Waals surface area contributed by atoms with Crippen molar-refractivity contribution in [2.45, 2.75) is 25.8 Å². The van der Waals surface area contributed by atoms with Gasteiger partial charge in [0.2, 0.25) is 0 Å². The van der Waals surface area contributed by atoms with Gasteiger partial charge in [-0.05, 0) is 48.1 Å². The quantitative estimate of drug-likeness (QED) is 0.771. The topological polar surface area (TPSA) is 20.3 Å². The number of hydrogen-bond donors (Lipinski definition) is 0. The Morgan fingerprint density at radius 2 is 2.30 bits per heavy atom. The highest BCUT2D eigenvalue weighted by atomic mass is 79.9. The second kappa shape index (κ2) is 5.70. The smallest absolute Gasteiger partial charge is 0.254 e. The third-order valence-electron chi connectivity index (χ3n) is 3.81. The van der Waals surface area contributed by atoms with Gasteiger partial charge in [-0.15, -0.1) is 11.3 Å². The molecule has 1 aromatic heterocycles. The first-order valence-electron chi connectivity index (χ1n) is 6.83. The maximum Gasteiger partial charge on any atom is 0.254 e. The van der Waals surface area contributed by atoms with Gasteiger partial charge in [-0.3, -0.25) is 4.79 Å². The Hall–Kier alpha value is -1.13. The van der Waals surface area contributed by atoms with Gasteiger partial charge in [0.15, 0.2) is 0 Å². The molecule has 0 fully saturated rings. The summed E-state index contributed by atoms with van der Waals surface area (Å²) in [5.74, 6) is 0.134. The minimum absolute atomic E-state index is 0.134. The van der Waals surface area contributed by atoms with Crippen LogP contribution in [0.25, 0.3) is 0 Å². The number of benzene rings is 1. The predicted molar refractivity (Wildman–Crippen MR) is 86.2 cm³/mol. The standard InChI is InChI=1S/C16H16BrNOS/c1-2-14-13-7-9-20-15(13)6-8-18(14)16(19)11-4-3-5-12(17)10-11/h3-5,7,9-10,14H,2,6,8H2,1H3. The van der Waals surface area contributed by atoms with Crippen LogP contribution in [0.2, 0.25) is 0 Å². The maximum atomic E-state index is 12.8. The number of nitrogens with zero attached hydrogens (tertiary/aromatic N) is 1. The van der Waals surface area contributed by atoms with Crippen molar-refractivity contribution in [3.63, 3.8) is 0 Å². The summed E-state index contributed by atoms with van der Waals surface area (Å²) < 4.78 is 0.949. The Bertz CT molecular complexity index is 637. The van der Waals surface area contributed by atoms with Crippen LogP contribution in [0.5, 0.6) is 0 Å². The number of carbonyl (C=O) groups is 1. The third kappa shape index (κ3) is 2.42. The predicted octanol–water partition coefficient (Wildman–Crippen LogP) is 4.66. The van der Waals surface area contributed by atoms with E-state index in [1.165, 1.54) is 10.4 Å². The Morgan fingerprint density at radius 1 is 1.45 bits per heavy atom. The van der Waals surface area contributed by atoms with Crippen molar-refractivity contribution in [3.05, 3.63) is 56.2 Å². The van der Waals surface area contributed by atoms with Crippen molar-refractivity contribution in [2.75, 3.05) is 6.54 Å². The van der Waals surface area contributed by atoms with E-state index in [1.807, 2.05) is 40.5 Å². The van der Waals surface area contributed by atoms with Gasteiger partial charge >= 0.3 is 0 Å². The second-order valence-corrected chi connectivity index (χ2v) is 6.90. The number of rotatable bonds is 2. The van der Waals surface area contributed by atoms with Gasteiger partial charge in [-0.2, -0.15) is 0 Å². The van der Waals surface area contributed by atoms with Gasteiger partial charge in [0, 0.05) is 21.5 Å². The van der Waals surface area contributed by atoms with E-state index < -0.39 is 0 Å². The molecule has 0 aliphatic carbocycles. The number of carbonyl (C=O) groups excluding carboxylic acids is 1. The van der Waals surface area contributed by atoms with Gasteiger partial charge in [0.1, 0.15) is 0 Å². The molecule has 3 rings (SSSR count). The van der Waals surface area contributed by atoms with Crippen LogP contribution in [0.15, 0.2) is 40.2 Å². The highest BCUT2D eigenvalue weighted by Gasteiger charge is 2.30. The minimum atomic E-state index is 0.134. The van der Waals surface area contributed by atoms with Crippen LogP contribution in [-0.2, 0) is 6.42 Å². The molecular formula is C16H16BrNOS. The molecule has 0 N–H and O–H groups in total. The van der Waals surface area contributed by atoms with Gasteiger partial charge in [-0.25, -0.2) is 0 Å². The summed E-state index contributed by atoms with van der Waals surface area (Å²) in [7, 11) is 0. The summed E-state index contributed by atoms with van der Waals surface area (Å²) in [6.45, 7) is 2.97. The lowest BCUT2D eigenvalue weighted by Gasteiger charge is -2.35. The lowest BCUT2D eigenvalue weighted by molar-refractivity contribution is 0.0657. The zero-order valence-electron chi connectivity index (χ0n) is 11.3. The van der Waals surface area contributed by atoms with Crippen molar-refractivity contribution < 1.29 is 4.79 Å². The lowest BCUT2D eigenvalue weighted by atomic mass is 9.97. The highest BCUT2D eigenvalue weighted by molar-refractivity contribution is 9.10. The van der Waals surface area contributed by atoms with E-state index in [2.05, 4.69) is 34.3 Å². The molecule has 1 aromatic carbocycles. The molecule has 0 radical (unpaired) electrons. The Labute approximate surface area is 131 Å². The van der Waals surface area contributed by atoms with Crippen molar-refractivity contribution in [1.82, 2.24) is 4.90 Å². The highest BCUT2D eigenvalue weighted by Crippen LogP contribution is 2.36. The molecule has 1 aliphatic rings. The molecule has 1 atom stereocenters. The fraction of sp³-hybridized carbons (Fsp3) is 0.312. The SMILES string of the molecule is CCC1c2ccsc2CCN1C(=O)c1cccc(Br)c1. The average Bonchev–Trinajstić information content (AvgIpc) is 2.93. The van der Waals surface area contributed by atoms with Crippen LogP contribution in [0, 0.1) is 0 Å². The van der Waals surface area contributed by atoms with Crippen LogP contribution >= 0.6 is 27.3 Å². The number of halogens is 1. The van der Waals surface area contributed by atoms with E-state index in [-0.39, 0.29) is 11.9 Å². The zero-order valence-corrected chi connectivity index (χ0v) is 13.7. The molecular weight excluding hydrogens is 334 g/mol. The van der Waals surface area contributed by atoms with Crippen molar-refractivity contribution in [1.29, 1.82) is 0 Å². The molecule has 4 heteroatoms. The Morgan fingerprint density at radius 3 is 3.05 bits per heavy atom. The van der Waals surface area contributed by atoms with Crippen LogP contribution in [0.4, 0.5) is 0 Å². The summed E-state index contributed by atoms with van der Waals surface area (Å²) in [6.07, 6.45) is 1.94. The van der Waals surface area contributed by atoms with E-state index in [0.717, 1.165) is 29.4 Å². The molecule has 2 aromatic rings. The average molecular weight is 350 g/mol. The molecule has 1 amide bonds. The van der Waals surface area contributed by atoms with E-state index in [0.29, 0.717) is 0 Å². The third-order valence-corrected chi connectivity index (χ3v) is 5.30. The van der Waals surface area contributed by atoms with Gasteiger partial charge in [-0.1, -0.05) is 28.9 Å². The van der Waals surface area contributed by atoms with E-state index in [1.54, 1.807) is 0 Å². The number of thiophene rings is 1. The van der Waals surface area contributed by atoms with Crippen LogP contribution in [0.1, 0.15) is 40.2 Å². The molecule has 1 unspecified atom stereocenters. The summed E-state index contributed by atoms with van der Waals surface area (Å²) in [5.41, 5.74) is 2.10. The van der Waals surface area contributed by atoms with Gasteiger partial charge < -0.3 is 4.90 Å². The first-order valence-corrected chi connectivity index (χ1v) is 8.50. The maximum absolute atomic E-state index is 12.8. The Balaban J connectivity index is 1.92. The monoisotopic (exact) mass is 349 g/mol. The van der Waals surface area contributed by atoms with E-state index in [4.69, 9.17) is 0 Å². The molecule has 20 heavy (non-hydrogen) atoms. The molecule has 0 bridgehead atoms. The molecule has 104 valence electrons. The van der Waals surface area contributed by atoms with Crippen molar-refractivity contribution in [2.24, 2.45) is 0 Å². The fourth-order valence-corrected chi connectivity index (χ4v) is 4.19. The van der Waals surface area contributed by atoms with Crippen molar-refractivity contribution >= 4 is 33.2 Å².